The monoisotopic (exact) mass is 287 g/mol. The van der Waals surface area contributed by atoms with Crippen LogP contribution in [0.2, 0.25) is 0 Å². The Labute approximate surface area is 129 Å². The standard InChI is InChI=1S/C19H29NO/c1-15-12-13-17-19(14-15)21-18-11-9-7-5-3-2-4-6-8-10-16(18)20-17/h12-14,16,18,20H,2-11H2,1H3. The lowest BCUT2D eigenvalue weighted by Crippen LogP contribution is -2.41. The van der Waals surface area contributed by atoms with Crippen molar-refractivity contribution in [3.8, 4) is 5.75 Å². The lowest BCUT2D eigenvalue weighted by molar-refractivity contribution is 0.148. The number of hydrogen-bond donors (Lipinski definition) is 1. The molecule has 116 valence electrons. The molecule has 3 rings (SSSR count). The minimum atomic E-state index is 0.360. The van der Waals surface area contributed by atoms with Gasteiger partial charge in [0.2, 0.25) is 0 Å². The van der Waals surface area contributed by atoms with Crippen molar-refractivity contribution in [3.05, 3.63) is 23.8 Å². The van der Waals surface area contributed by atoms with Gasteiger partial charge in [-0.3, -0.25) is 0 Å². The third-order valence-corrected chi connectivity index (χ3v) is 4.96. The Kier molecular flexibility index (Phi) is 5.05. The SMILES string of the molecule is Cc1ccc2c(c1)OC1CCCCCCCCCCC1N2. The number of nitrogens with one attached hydrogen (secondary N) is 1. The fourth-order valence-corrected chi connectivity index (χ4v) is 3.67. The number of anilines is 1. The molecule has 1 fully saturated rings. The Bertz CT molecular complexity index is 457. The molecule has 0 saturated heterocycles. The van der Waals surface area contributed by atoms with Crippen molar-refractivity contribution in [3.63, 3.8) is 0 Å². The van der Waals surface area contributed by atoms with E-state index in [0.29, 0.717) is 12.1 Å². The number of aryl methyl sites for hydroxylation is 1. The van der Waals surface area contributed by atoms with Gasteiger partial charge in [0.25, 0.3) is 0 Å². The van der Waals surface area contributed by atoms with Gasteiger partial charge in [-0.2, -0.15) is 0 Å². The van der Waals surface area contributed by atoms with E-state index in [1.807, 2.05) is 0 Å². The van der Waals surface area contributed by atoms with Gasteiger partial charge in [0.05, 0.1) is 11.7 Å². The summed E-state index contributed by atoms with van der Waals surface area (Å²) in [7, 11) is 0. The first-order valence-corrected chi connectivity index (χ1v) is 8.87. The predicted octanol–water partition coefficient (Wildman–Crippen LogP) is 5.45. The average Bonchev–Trinajstić information content (AvgIpc) is 2.47. The first-order chi connectivity index (χ1) is 10.3. The lowest BCUT2D eigenvalue weighted by atomic mass is 9.94. The Morgan fingerprint density at radius 3 is 2.33 bits per heavy atom. The normalized spacial score (nSPS) is 27.1. The van der Waals surface area contributed by atoms with Crippen LogP contribution in [-0.2, 0) is 0 Å². The number of fused-ring (bicyclic) bond motifs is 2. The summed E-state index contributed by atoms with van der Waals surface area (Å²) in [5, 5.41) is 3.75. The Morgan fingerprint density at radius 2 is 1.57 bits per heavy atom. The molecule has 2 atom stereocenters. The van der Waals surface area contributed by atoms with Gasteiger partial charge in [-0.15, -0.1) is 0 Å². The lowest BCUT2D eigenvalue weighted by Gasteiger charge is -2.36. The molecular formula is C19H29NO. The minimum Gasteiger partial charge on any atom is -0.486 e. The van der Waals surface area contributed by atoms with E-state index in [4.69, 9.17) is 4.74 Å². The largest absolute Gasteiger partial charge is 0.486 e. The molecule has 1 aromatic rings. The first-order valence-electron chi connectivity index (χ1n) is 8.87. The van der Waals surface area contributed by atoms with E-state index < -0.39 is 0 Å². The summed E-state index contributed by atoms with van der Waals surface area (Å²) < 4.78 is 6.36. The van der Waals surface area contributed by atoms with Crippen molar-refractivity contribution in [1.82, 2.24) is 0 Å². The van der Waals surface area contributed by atoms with Gasteiger partial charge in [-0.25, -0.2) is 0 Å². The van der Waals surface area contributed by atoms with Gasteiger partial charge in [-0.1, -0.05) is 51.0 Å². The molecule has 0 amide bonds. The number of hydrogen-bond acceptors (Lipinski definition) is 2. The maximum Gasteiger partial charge on any atom is 0.143 e. The van der Waals surface area contributed by atoms with Crippen molar-refractivity contribution in [2.75, 3.05) is 5.32 Å². The van der Waals surface area contributed by atoms with Crippen molar-refractivity contribution >= 4 is 5.69 Å². The van der Waals surface area contributed by atoms with Crippen LogP contribution >= 0.6 is 0 Å². The van der Waals surface area contributed by atoms with Gasteiger partial charge in [0, 0.05) is 0 Å². The van der Waals surface area contributed by atoms with Gasteiger partial charge in [-0.05, 0) is 43.9 Å². The molecule has 1 heterocycles. The molecule has 1 aromatic carbocycles. The summed E-state index contributed by atoms with van der Waals surface area (Å²) in [6.45, 7) is 2.14. The molecule has 1 aliphatic heterocycles. The van der Waals surface area contributed by atoms with Gasteiger partial charge >= 0.3 is 0 Å². The zero-order chi connectivity index (χ0) is 14.5. The summed E-state index contributed by atoms with van der Waals surface area (Å²) in [4.78, 5) is 0. The van der Waals surface area contributed by atoms with Crippen molar-refractivity contribution in [2.45, 2.75) is 83.3 Å². The molecule has 0 aromatic heterocycles. The number of ether oxygens (including phenoxy) is 1. The molecule has 2 nitrogen and oxygen atoms in total. The highest BCUT2D eigenvalue weighted by Gasteiger charge is 2.28. The summed E-state index contributed by atoms with van der Waals surface area (Å²) in [5.74, 6) is 1.06. The second-order valence-corrected chi connectivity index (χ2v) is 6.81. The maximum absolute atomic E-state index is 6.36. The molecule has 21 heavy (non-hydrogen) atoms. The minimum absolute atomic E-state index is 0.360. The van der Waals surface area contributed by atoms with Crippen LogP contribution in [0.15, 0.2) is 18.2 Å². The van der Waals surface area contributed by atoms with Gasteiger partial charge in [0.15, 0.2) is 0 Å². The fraction of sp³-hybridized carbons (Fsp3) is 0.684. The van der Waals surface area contributed by atoms with Crippen LogP contribution in [-0.4, -0.2) is 12.1 Å². The molecular weight excluding hydrogens is 258 g/mol. The van der Waals surface area contributed by atoms with E-state index in [-0.39, 0.29) is 0 Å². The van der Waals surface area contributed by atoms with Gasteiger partial charge < -0.3 is 10.1 Å². The summed E-state index contributed by atoms with van der Waals surface area (Å²) in [6.07, 6.45) is 13.9. The van der Waals surface area contributed by atoms with Crippen LogP contribution in [0, 0.1) is 6.92 Å². The molecule has 1 aliphatic carbocycles. The van der Waals surface area contributed by atoms with Crippen molar-refractivity contribution < 1.29 is 4.74 Å². The van der Waals surface area contributed by atoms with E-state index in [1.165, 1.54) is 75.5 Å². The molecule has 2 unspecified atom stereocenters. The summed E-state index contributed by atoms with van der Waals surface area (Å²) in [5.41, 5.74) is 2.47. The molecule has 1 N–H and O–H groups in total. The van der Waals surface area contributed by atoms with Crippen LogP contribution < -0.4 is 10.1 Å². The second kappa shape index (κ2) is 7.20. The molecule has 1 saturated carbocycles. The zero-order valence-corrected chi connectivity index (χ0v) is 13.4. The van der Waals surface area contributed by atoms with Crippen LogP contribution in [0.1, 0.15) is 69.8 Å². The Balaban J connectivity index is 1.70. The number of benzene rings is 1. The molecule has 2 aliphatic rings. The molecule has 2 heteroatoms. The summed E-state index contributed by atoms with van der Waals surface area (Å²) in [6, 6.07) is 7.02. The van der Waals surface area contributed by atoms with E-state index >= 15 is 0 Å². The van der Waals surface area contributed by atoms with Crippen molar-refractivity contribution in [2.24, 2.45) is 0 Å². The Morgan fingerprint density at radius 1 is 0.905 bits per heavy atom. The third kappa shape index (κ3) is 3.93. The molecule has 0 radical (unpaired) electrons. The highest BCUT2D eigenvalue weighted by Crippen LogP contribution is 2.35. The number of rotatable bonds is 0. The van der Waals surface area contributed by atoms with E-state index in [0.717, 1.165) is 5.75 Å². The van der Waals surface area contributed by atoms with E-state index in [1.54, 1.807) is 0 Å². The fourth-order valence-electron chi connectivity index (χ4n) is 3.67. The van der Waals surface area contributed by atoms with E-state index in [9.17, 15) is 0 Å². The molecule has 0 spiro atoms. The zero-order valence-electron chi connectivity index (χ0n) is 13.4. The Hall–Kier alpha value is -1.18. The smallest absolute Gasteiger partial charge is 0.143 e. The summed E-state index contributed by atoms with van der Waals surface area (Å²) >= 11 is 0. The highest BCUT2D eigenvalue weighted by atomic mass is 16.5. The topological polar surface area (TPSA) is 21.3 Å². The van der Waals surface area contributed by atoms with Crippen LogP contribution in [0.4, 0.5) is 5.69 Å². The quantitative estimate of drug-likeness (QED) is 0.685. The van der Waals surface area contributed by atoms with Crippen LogP contribution in [0.5, 0.6) is 5.75 Å². The average molecular weight is 287 g/mol. The van der Waals surface area contributed by atoms with Gasteiger partial charge in [0.1, 0.15) is 11.9 Å². The van der Waals surface area contributed by atoms with Crippen molar-refractivity contribution in [1.29, 1.82) is 0 Å². The second-order valence-electron chi connectivity index (χ2n) is 6.81. The first kappa shape index (κ1) is 14.7. The van der Waals surface area contributed by atoms with Crippen LogP contribution in [0.3, 0.4) is 0 Å². The van der Waals surface area contributed by atoms with Crippen LogP contribution in [0.25, 0.3) is 0 Å². The molecule has 0 bridgehead atoms. The highest BCUT2D eigenvalue weighted by molar-refractivity contribution is 5.60. The third-order valence-electron chi connectivity index (χ3n) is 4.96. The predicted molar refractivity (Wildman–Crippen MR) is 89.2 cm³/mol. The van der Waals surface area contributed by atoms with E-state index in [2.05, 4.69) is 30.4 Å². The maximum atomic E-state index is 6.36.